The molecular weight excluding hydrogens is 532 g/mol. The number of rotatable bonds is 4. The maximum atomic E-state index is 2.49. The Morgan fingerprint density at radius 1 is 0.386 bits per heavy atom. The molecule has 2 nitrogen and oxygen atoms in total. The summed E-state index contributed by atoms with van der Waals surface area (Å²) in [5, 5.41) is 5.27. The Kier molecular flexibility index (Phi) is 5.80. The standard InChI is InChI=1S/C42H32N2/c1-3-13-29(14-4-1)31-17-11-19-33(27-31)43-37-23-9-7-21-35(37)41-39(43)25-26-40-42(41)36-22-8-10-24-38(36)44(40)34-20-12-18-32(28-34)30-15-5-2-6-16-30/h1-10,13-16,19-28H,11-12,17-18H2. The molecule has 2 aromatic heterocycles. The first-order valence-corrected chi connectivity index (χ1v) is 15.7. The molecule has 0 bridgehead atoms. The average molecular weight is 565 g/mol. The monoisotopic (exact) mass is 564 g/mol. The molecule has 44 heavy (non-hydrogen) atoms. The van der Waals surface area contributed by atoms with Gasteiger partial charge < -0.3 is 9.13 Å². The fourth-order valence-corrected chi connectivity index (χ4v) is 7.52. The quantitative estimate of drug-likeness (QED) is 0.201. The lowest BCUT2D eigenvalue weighted by Crippen LogP contribution is -2.01. The van der Waals surface area contributed by atoms with E-state index < -0.39 is 0 Å². The molecule has 210 valence electrons. The summed E-state index contributed by atoms with van der Waals surface area (Å²) in [4.78, 5) is 0. The molecule has 0 fully saturated rings. The van der Waals surface area contributed by atoms with Crippen LogP contribution in [0.15, 0.2) is 146 Å². The van der Waals surface area contributed by atoms with Crippen molar-refractivity contribution in [3.8, 4) is 0 Å². The zero-order valence-corrected chi connectivity index (χ0v) is 24.6. The summed E-state index contributed by atoms with van der Waals surface area (Å²) in [7, 11) is 0. The van der Waals surface area contributed by atoms with Crippen LogP contribution in [0.25, 0.3) is 66.2 Å². The lowest BCUT2D eigenvalue weighted by atomic mass is 9.96. The third-order valence-electron chi connectivity index (χ3n) is 9.46. The topological polar surface area (TPSA) is 9.86 Å². The zero-order valence-electron chi connectivity index (χ0n) is 24.6. The van der Waals surface area contributed by atoms with E-state index in [-0.39, 0.29) is 0 Å². The maximum Gasteiger partial charge on any atom is 0.0548 e. The summed E-state index contributed by atoms with van der Waals surface area (Å²) in [6, 6.07) is 44.3. The van der Waals surface area contributed by atoms with E-state index in [0.29, 0.717) is 0 Å². The van der Waals surface area contributed by atoms with Crippen molar-refractivity contribution in [3.05, 3.63) is 157 Å². The Balaban J connectivity index is 1.31. The summed E-state index contributed by atoms with van der Waals surface area (Å²) in [5.41, 5.74) is 13.0. The maximum absolute atomic E-state index is 2.49. The smallest absolute Gasteiger partial charge is 0.0548 e. The summed E-state index contributed by atoms with van der Waals surface area (Å²) < 4.78 is 4.98. The number of para-hydroxylation sites is 2. The third kappa shape index (κ3) is 3.88. The molecule has 9 rings (SSSR count). The number of nitrogens with zero attached hydrogens (tertiary/aromatic N) is 2. The van der Waals surface area contributed by atoms with E-state index in [1.54, 1.807) is 0 Å². The molecule has 7 aromatic rings. The molecule has 2 aliphatic rings. The second kappa shape index (κ2) is 10.1. The third-order valence-corrected chi connectivity index (χ3v) is 9.46. The molecule has 0 saturated heterocycles. The average Bonchev–Trinajstić information content (AvgIpc) is 3.62. The molecular formula is C42H32N2. The highest BCUT2D eigenvalue weighted by Gasteiger charge is 2.22. The molecule has 0 spiro atoms. The molecule has 2 aliphatic carbocycles. The van der Waals surface area contributed by atoms with Crippen molar-refractivity contribution in [1.29, 1.82) is 0 Å². The van der Waals surface area contributed by atoms with E-state index in [0.717, 1.165) is 25.7 Å². The van der Waals surface area contributed by atoms with Crippen LogP contribution >= 0.6 is 0 Å². The van der Waals surface area contributed by atoms with Gasteiger partial charge in [0.15, 0.2) is 0 Å². The van der Waals surface area contributed by atoms with Crippen LogP contribution in [-0.4, -0.2) is 9.13 Å². The van der Waals surface area contributed by atoms with E-state index in [2.05, 4.69) is 155 Å². The number of allylic oxidation sites excluding steroid dienone is 8. The highest BCUT2D eigenvalue weighted by molar-refractivity contribution is 6.29. The molecule has 2 heterocycles. The SMILES string of the molecule is C1=C(c2ccccc2)CCC=C1n1c2ccccc2c2c3c4ccccc4n(C4=CCCC(c5ccccc5)=C4)c3ccc21. The highest BCUT2D eigenvalue weighted by atomic mass is 15.0. The number of fused-ring (bicyclic) bond motifs is 7. The molecule has 5 aromatic carbocycles. The second-order valence-electron chi connectivity index (χ2n) is 12.0. The number of hydrogen-bond acceptors (Lipinski definition) is 0. The van der Waals surface area contributed by atoms with Crippen LogP contribution in [0.3, 0.4) is 0 Å². The zero-order chi connectivity index (χ0) is 29.0. The van der Waals surface area contributed by atoms with E-state index in [9.17, 15) is 0 Å². The Morgan fingerprint density at radius 2 is 0.795 bits per heavy atom. The van der Waals surface area contributed by atoms with Crippen molar-refractivity contribution in [2.45, 2.75) is 25.7 Å². The normalized spacial score (nSPS) is 15.5. The summed E-state index contributed by atoms with van der Waals surface area (Å²) in [5.74, 6) is 0. The van der Waals surface area contributed by atoms with E-state index in [1.165, 1.54) is 77.3 Å². The van der Waals surface area contributed by atoms with E-state index in [1.807, 2.05) is 0 Å². The predicted octanol–water partition coefficient (Wildman–Crippen LogP) is 11.3. The molecule has 0 saturated carbocycles. The summed E-state index contributed by atoms with van der Waals surface area (Å²) in [6.07, 6.45) is 13.8. The first-order valence-electron chi connectivity index (χ1n) is 15.7. The van der Waals surface area contributed by atoms with Crippen molar-refractivity contribution in [3.63, 3.8) is 0 Å². The molecule has 0 radical (unpaired) electrons. The minimum atomic E-state index is 1.04. The minimum Gasteiger partial charge on any atom is -0.310 e. The molecule has 0 aliphatic heterocycles. The van der Waals surface area contributed by atoms with Gasteiger partial charge in [-0.1, -0.05) is 109 Å². The largest absolute Gasteiger partial charge is 0.310 e. The number of aromatic nitrogens is 2. The van der Waals surface area contributed by atoms with Gasteiger partial charge in [-0.15, -0.1) is 0 Å². The highest BCUT2D eigenvalue weighted by Crippen LogP contribution is 2.44. The Hall–Kier alpha value is -5.34. The first-order chi connectivity index (χ1) is 21.8. The first kappa shape index (κ1) is 25.2. The van der Waals surface area contributed by atoms with E-state index in [4.69, 9.17) is 0 Å². The van der Waals surface area contributed by atoms with Crippen molar-refractivity contribution in [2.75, 3.05) is 0 Å². The van der Waals surface area contributed by atoms with Crippen molar-refractivity contribution >= 4 is 66.2 Å². The van der Waals surface area contributed by atoms with Crippen LogP contribution in [0.2, 0.25) is 0 Å². The van der Waals surface area contributed by atoms with Gasteiger partial charge in [-0.2, -0.15) is 0 Å². The van der Waals surface area contributed by atoms with Gasteiger partial charge in [0.2, 0.25) is 0 Å². The Bertz CT molecular complexity index is 2190. The van der Waals surface area contributed by atoms with Crippen molar-refractivity contribution in [1.82, 2.24) is 9.13 Å². The summed E-state index contributed by atoms with van der Waals surface area (Å²) in [6.45, 7) is 0. The summed E-state index contributed by atoms with van der Waals surface area (Å²) >= 11 is 0. The molecule has 2 heteroatoms. The van der Waals surface area contributed by atoms with Gasteiger partial charge >= 0.3 is 0 Å². The van der Waals surface area contributed by atoms with Gasteiger partial charge in [0.1, 0.15) is 0 Å². The fraction of sp³-hybridized carbons (Fsp3) is 0.0952. The van der Waals surface area contributed by atoms with Crippen LogP contribution in [0.4, 0.5) is 0 Å². The van der Waals surface area contributed by atoms with Crippen LogP contribution < -0.4 is 0 Å². The molecule has 0 unspecified atom stereocenters. The number of benzene rings is 5. The van der Waals surface area contributed by atoms with Crippen LogP contribution in [0, 0.1) is 0 Å². The minimum absolute atomic E-state index is 1.04. The molecule has 0 amide bonds. The lowest BCUT2D eigenvalue weighted by Gasteiger charge is -2.18. The molecule has 0 N–H and O–H groups in total. The van der Waals surface area contributed by atoms with Gasteiger partial charge in [0.05, 0.1) is 22.1 Å². The van der Waals surface area contributed by atoms with Crippen LogP contribution in [0.5, 0.6) is 0 Å². The Morgan fingerprint density at radius 3 is 1.25 bits per heavy atom. The van der Waals surface area contributed by atoms with Gasteiger partial charge in [-0.05, 0) is 84.4 Å². The van der Waals surface area contributed by atoms with Crippen LogP contribution in [0.1, 0.15) is 36.8 Å². The van der Waals surface area contributed by atoms with Gasteiger partial charge in [-0.25, -0.2) is 0 Å². The van der Waals surface area contributed by atoms with Crippen molar-refractivity contribution < 1.29 is 0 Å². The Labute approximate surface area is 257 Å². The molecule has 0 atom stereocenters. The van der Waals surface area contributed by atoms with Gasteiger partial charge in [0, 0.05) is 32.9 Å². The lowest BCUT2D eigenvalue weighted by molar-refractivity contribution is 1.03. The fourth-order valence-electron chi connectivity index (χ4n) is 7.52. The second-order valence-corrected chi connectivity index (χ2v) is 12.0. The van der Waals surface area contributed by atoms with E-state index >= 15 is 0 Å². The predicted molar refractivity (Wildman–Crippen MR) is 188 cm³/mol. The van der Waals surface area contributed by atoms with Gasteiger partial charge in [0.25, 0.3) is 0 Å². The van der Waals surface area contributed by atoms with Crippen molar-refractivity contribution in [2.24, 2.45) is 0 Å². The van der Waals surface area contributed by atoms with Crippen LogP contribution in [-0.2, 0) is 0 Å². The number of hydrogen-bond donors (Lipinski definition) is 0. The van der Waals surface area contributed by atoms with Gasteiger partial charge in [-0.3, -0.25) is 0 Å².